The molecule has 1 amide bonds. The number of carbonyl (C=O) groups excluding carboxylic acids is 1. The van der Waals surface area contributed by atoms with Gasteiger partial charge < -0.3 is 49.9 Å². The molecule has 0 radical (unpaired) electrons. The molecule has 1 fully saturated rings. The molecular weight excluding hydrogens is 504 g/mol. The van der Waals surface area contributed by atoms with E-state index < -0.39 is 49.2 Å². The van der Waals surface area contributed by atoms with Crippen LogP contribution in [0.2, 0.25) is 0 Å². The van der Waals surface area contributed by atoms with Gasteiger partial charge in [0.05, 0.1) is 6.61 Å². The standard InChI is InChI=1S/C25H30N2O11/c1-12-8-17(37-25-21(31)19(29)20(30)22(38-25)24(33)34)14(10-28)9-16(12)36-11-13-6-4-5-7-15(13)18(27-35-3)23(32)26-2/h4-9,19-22,25,28-31H,10-11H2,1-3H3,(H,26,32)(H,33,34)/b27-18+/t19-,20-,21+,22-,25+/m0/s1. The molecule has 0 saturated carbocycles. The first-order valence-corrected chi connectivity index (χ1v) is 11.5. The summed E-state index contributed by atoms with van der Waals surface area (Å²) in [6.45, 7) is 1.20. The largest absolute Gasteiger partial charge is 0.489 e. The molecule has 13 heteroatoms. The van der Waals surface area contributed by atoms with Gasteiger partial charge in [-0.2, -0.15) is 0 Å². The fourth-order valence-electron chi connectivity index (χ4n) is 3.82. The Hall–Kier alpha value is -3.75. The van der Waals surface area contributed by atoms with Crippen molar-refractivity contribution in [2.75, 3.05) is 14.2 Å². The summed E-state index contributed by atoms with van der Waals surface area (Å²) in [4.78, 5) is 28.5. The normalized spacial score (nSPS) is 23.4. The molecule has 1 heterocycles. The molecule has 0 bridgehead atoms. The number of ether oxygens (including phenoxy) is 3. The molecule has 0 spiro atoms. The van der Waals surface area contributed by atoms with Crippen LogP contribution < -0.4 is 14.8 Å². The topological polar surface area (TPSA) is 197 Å². The Kier molecular flexibility index (Phi) is 9.61. The highest BCUT2D eigenvalue weighted by Crippen LogP contribution is 2.32. The lowest BCUT2D eigenvalue weighted by Gasteiger charge is -2.38. The average Bonchev–Trinajstić information content (AvgIpc) is 2.91. The molecule has 5 atom stereocenters. The number of aliphatic carboxylic acids is 1. The second-order valence-electron chi connectivity index (χ2n) is 8.38. The molecule has 1 aliphatic heterocycles. The van der Waals surface area contributed by atoms with Crippen molar-refractivity contribution in [1.29, 1.82) is 0 Å². The van der Waals surface area contributed by atoms with E-state index in [-0.39, 0.29) is 23.6 Å². The number of amides is 1. The van der Waals surface area contributed by atoms with Gasteiger partial charge in [0.1, 0.15) is 43.5 Å². The lowest BCUT2D eigenvalue weighted by Crippen LogP contribution is -2.61. The first kappa shape index (κ1) is 28.8. The molecule has 0 aliphatic carbocycles. The Morgan fingerprint density at radius 1 is 1.05 bits per heavy atom. The van der Waals surface area contributed by atoms with E-state index in [9.17, 15) is 35.1 Å². The van der Waals surface area contributed by atoms with Crippen LogP contribution in [0.5, 0.6) is 11.5 Å². The number of benzene rings is 2. The van der Waals surface area contributed by atoms with Crippen LogP contribution in [0, 0.1) is 6.92 Å². The lowest BCUT2D eigenvalue weighted by atomic mass is 9.99. The zero-order valence-corrected chi connectivity index (χ0v) is 20.9. The van der Waals surface area contributed by atoms with Crippen LogP contribution in [0.4, 0.5) is 0 Å². The number of oxime groups is 1. The van der Waals surface area contributed by atoms with Gasteiger partial charge in [-0.25, -0.2) is 4.79 Å². The predicted octanol–water partition coefficient (Wildman–Crippen LogP) is -0.566. The van der Waals surface area contributed by atoms with E-state index in [0.717, 1.165) is 0 Å². The minimum atomic E-state index is -1.86. The van der Waals surface area contributed by atoms with Crippen molar-refractivity contribution < 1.29 is 54.2 Å². The second-order valence-corrected chi connectivity index (χ2v) is 8.38. The minimum Gasteiger partial charge on any atom is -0.489 e. The van der Waals surface area contributed by atoms with E-state index in [1.807, 2.05) is 0 Å². The highest BCUT2D eigenvalue weighted by atomic mass is 16.7. The molecule has 13 nitrogen and oxygen atoms in total. The molecule has 0 aromatic heterocycles. The van der Waals surface area contributed by atoms with Crippen molar-refractivity contribution in [3.63, 3.8) is 0 Å². The van der Waals surface area contributed by atoms with Crippen LogP contribution in [0.3, 0.4) is 0 Å². The first-order chi connectivity index (χ1) is 18.1. The van der Waals surface area contributed by atoms with Crippen LogP contribution in [0.15, 0.2) is 41.6 Å². The molecule has 1 aliphatic rings. The van der Waals surface area contributed by atoms with Crippen LogP contribution >= 0.6 is 0 Å². The van der Waals surface area contributed by atoms with E-state index in [4.69, 9.17) is 19.0 Å². The van der Waals surface area contributed by atoms with Crippen LogP contribution in [-0.2, 0) is 32.4 Å². The van der Waals surface area contributed by atoms with Crippen molar-refractivity contribution >= 4 is 17.6 Å². The molecule has 3 rings (SSSR count). The molecule has 38 heavy (non-hydrogen) atoms. The summed E-state index contributed by atoms with van der Waals surface area (Å²) in [6, 6.07) is 9.93. The SMILES string of the molecule is CNC(=O)/C(=N/OC)c1ccccc1COc1cc(CO)c(O[C@@H]2O[C@H](C(=O)O)[C@@H](O)[C@H](O)[C@H]2O)cc1C. The smallest absolute Gasteiger partial charge is 0.335 e. The Balaban J connectivity index is 1.84. The number of hydrogen-bond donors (Lipinski definition) is 6. The Bertz CT molecular complexity index is 1190. The number of hydrogen-bond acceptors (Lipinski definition) is 11. The van der Waals surface area contributed by atoms with Gasteiger partial charge in [0.25, 0.3) is 5.91 Å². The van der Waals surface area contributed by atoms with Gasteiger partial charge in [0.15, 0.2) is 11.8 Å². The maximum absolute atomic E-state index is 12.3. The van der Waals surface area contributed by atoms with Gasteiger partial charge in [-0.3, -0.25) is 4.79 Å². The van der Waals surface area contributed by atoms with Gasteiger partial charge in [0.2, 0.25) is 6.29 Å². The first-order valence-electron chi connectivity index (χ1n) is 11.5. The number of carboxylic acids is 1. The van der Waals surface area contributed by atoms with Gasteiger partial charge in [-0.15, -0.1) is 0 Å². The number of likely N-dealkylation sites (N-methyl/N-ethyl adjacent to an activating group) is 1. The van der Waals surface area contributed by atoms with Crippen molar-refractivity contribution in [2.24, 2.45) is 5.16 Å². The van der Waals surface area contributed by atoms with Crippen LogP contribution in [-0.4, -0.2) is 88.0 Å². The Labute approximate surface area is 217 Å². The summed E-state index contributed by atoms with van der Waals surface area (Å²) in [7, 11) is 2.80. The molecule has 206 valence electrons. The van der Waals surface area contributed by atoms with Gasteiger partial charge in [0, 0.05) is 18.2 Å². The maximum atomic E-state index is 12.3. The van der Waals surface area contributed by atoms with Gasteiger partial charge in [-0.05, 0) is 30.2 Å². The second kappa shape index (κ2) is 12.7. The number of carboxylic acid groups (broad SMARTS) is 1. The molecule has 6 N–H and O–H groups in total. The summed E-state index contributed by atoms with van der Waals surface area (Å²) in [5.74, 6) is -1.58. The highest BCUT2D eigenvalue weighted by molar-refractivity contribution is 6.45. The van der Waals surface area contributed by atoms with Crippen molar-refractivity contribution in [3.05, 3.63) is 58.7 Å². The molecule has 2 aromatic carbocycles. The fraction of sp³-hybridized carbons (Fsp3) is 0.400. The molecule has 0 unspecified atom stereocenters. The quantitative estimate of drug-likeness (QED) is 0.169. The van der Waals surface area contributed by atoms with Gasteiger partial charge >= 0.3 is 5.97 Å². The van der Waals surface area contributed by atoms with Crippen LogP contribution in [0.1, 0.15) is 22.3 Å². The van der Waals surface area contributed by atoms with Crippen LogP contribution in [0.25, 0.3) is 0 Å². The third-order valence-corrected chi connectivity index (χ3v) is 5.86. The maximum Gasteiger partial charge on any atom is 0.335 e. The number of aliphatic hydroxyl groups excluding tert-OH is 4. The van der Waals surface area contributed by atoms with E-state index in [0.29, 0.717) is 22.4 Å². The Morgan fingerprint density at radius 3 is 2.39 bits per heavy atom. The van der Waals surface area contributed by atoms with E-state index in [1.54, 1.807) is 31.2 Å². The number of rotatable bonds is 10. The summed E-state index contributed by atoms with van der Waals surface area (Å²) in [6.07, 6.45) is -8.93. The molecular formula is C25H30N2O11. The number of nitrogens with one attached hydrogen (secondary N) is 1. The third-order valence-electron chi connectivity index (χ3n) is 5.86. The van der Waals surface area contributed by atoms with E-state index in [1.165, 1.54) is 26.3 Å². The summed E-state index contributed by atoms with van der Waals surface area (Å²) in [5, 5.41) is 55.6. The monoisotopic (exact) mass is 534 g/mol. The molecule has 2 aromatic rings. The zero-order chi connectivity index (χ0) is 28.0. The van der Waals surface area contributed by atoms with Crippen molar-refractivity contribution in [3.8, 4) is 11.5 Å². The fourth-order valence-corrected chi connectivity index (χ4v) is 3.82. The number of nitrogens with zero attached hydrogens (tertiary/aromatic N) is 1. The number of carbonyl (C=O) groups is 2. The average molecular weight is 535 g/mol. The number of aryl methyl sites for hydroxylation is 1. The van der Waals surface area contributed by atoms with Gasteiger partial charge in [-0.1, -0.05) is 29.4 Å². The zero-order valence-electron chi connectivity index (χ0n) is 20.9. The summed E-state index contributed by atoms with van der Waals surface area (Å²) in [5.41, 5.74) is 1.94. The Morgan fingerprint density at radius 2 is 1.76 bits per heavy atom. The minimum absolute atomic E-state index is 0.0244. The van der Waals surface area contributed by atoms with Crippen molar-refractivity contribution in [2.45, 2.75) is 50.8 Å². The number of aliphatic hydroxyl groups is 4. The summed E-state index contributed by atoms with van der Waals surface area (Å²) >= 11 is 0. The molecule has 1 saturated heterocycles. The van der Waals surface area contributed by atoms with E-state index in [2.05, 4.69) is 10.5 Å². The summed E-state index contributed by atoms with van der Waals surface area (Å²) < 4.78 is 16.7. The third kappa shape index (κ3) is 6.20. The predicted molar refractivity (Wildman–Crippen MR) is 130 cm³/mol. The van der Waals surface area contributed by atoms with Crippen molar-refractivity contribution in [1.82, 2.24) is 5.32 Å². The van der Waals surface area contributed by atoms with E-state index >= 15 is 0 Å². The highest BCUT2D eigenvalue weighted by Gasteiger charge is 2.48. The lowest BCUT2D eigenvalue weighted by molar-refractivity contribution is -0.271.